The van der Waals surface area contributed by atoms with E-state index in [0.29, 0.717) is 34.3 Å². The molecule has 1 atom stereocenters. The summed E-state index contributed by atoms with van der Waals surface area (Å²) in [7, 11) is 0. The van der Waals surface area contributed by atoms with E-state index in [0.717, 1.165) is 22.3 Å². The summed E-state index contributed by atoms with van der Waals surface area (Å²) < 4.78 is 5.51. The quantitative estimate of drug-likeness (QED) is 0.452. The van der Waals surface area contributed by atoms with Crippen LogP contribution in [-0.4, -0.2) is 26.1 Å². The summed E-state index contributed by atoms with van der Waals surface area (Å²) in [4.78, 5) is 15.1. The predicted molar refractivity (Wildman–Crippen MR) is 117 cm³/mol. The molecule has 1 aliphatic rings. The maximum atomic E-state index is 13.4. The fourth-order valence-corrected chi connectivity index (χ4v) is 4.49. The average molecular weight is 434 g/mol. The van der Waals surface area contributed by atoms with Crippen molar-refractivity contribution >= 4 is 17.5 Å². The van der Waals surface area contributed by atoms with Gasteiger partial charge in [0.15, 0.2) is 0 Å². The van der Waals surface area contributed by atoms with Gasteiger partial charge >= 0.3 is 0 Å². The number of carbonyl (C=O) groups is 1. The first kappa shape index (κ1) is 19.5. The van der Waals surface area contributed by atoms with Crippen molar-refractivity contribution < 1.29 is 14.3 Å². The molecule has 2 aromatic heterocycles. The number of fused-ring (bicyclic) bond motifs is 1. The second kappa shape index (κ2) is 7.32. The number of halogens is 1. The van der Waals surface area contributed by atoms with E-state index in [1.54, 1.807) is 35.4 Å². The minimum absolute atomic E-state index is 0.138. The Bertz CT molecular complexity index is 1250. The molecule has 156 valence electrons. The molecule has 2 aromatic carbocycles. The molecule has 0 aliphatic carbocycles. The molecule has 0 spiro atoms. The van der Waals surface area contributed by atoms with Crippen LogP contribution >= 0.6 is 11.6 Å². The first-order valence-corrected chi connectivity index (χ1v) is 10.3. The molecule has 0 saturated heterocycles. The third-order valence-corrected chi connectivity index (χ3v) is 5.90. The first-order chi connectivity index (χ1) is 14.9. The van der Waals surface area contributed by atoms with E-state index in [2.05, 4.69) is 10.2 Å². The van der Waals surface area contributed by atoms with E-state index >= 15 is 0 Å². The van der Waals surface area contributed by atoms with E-state index < -0.39 is 6.04 Å². The summed E-state index contributed by atoms with van der Waals surface area (Å²) in [5.74, 6) is 0.647. The summed E-state index contributed by atoms with van der Waals surface area (Å²) in [6, 6.07) is 14.4. The number of H-pyrrole nitrogens is 1. The number of aromatic amines is 1. The Morgan fingerprint density at radius 3 is 2.65 bits per heavy atom. The lowest BCUT2D eigenvalue weighted by atomic mass is 9.93. The molecule has 0 radical (unpaired) electrons. The van der Waals surface area contributed by atoms with Crippen LogP contribution < -0.4 is 0 Å². The molecule has 2 N–H and O–H groups in total. The molecule has 1 unspecified atom stereocenters. The van der Waals surface area contributed by atoms with Crippen LogP contribution in [0.25, 0.3) is 11.3 Å². The number of hydrogen-bond donors (Lipinski definition) is 2. The van der Waals surface area contributed by atoms with Crippen LogP contribution in [0.3, 0.4) is 0 Å². The van der Waals surface area contributed by atoms with Gasteiger partial charge in [-0.3, -0.25) is 9.89 Å². The van der Waals surface area contributed by atoms with Gasteiger partial charge in [0.2, 0.25) is 0 Å². The third-order valence-electron chi connectivity index (χ3n) is 5.65. The van der Waals surface area contributed by atoms with Crippen molar-refractivity contribution in [2.75, 3.05) is 0 Å². The Morgan fingerprint density at radius 1 is 1.19 bits per heavy atom. The number of amides is 1. The van der Waals surface area contributed by atoms with Crippen molar-refractivity contribution in [3.05, 3.63) is 93.5 Å². The monoisotopic (exact) mass is 433 g/mol. The number of nitrogens with one attached hydrogen (secondary N) is 1. The molecule has 0 saturated carbocycles. The Balaban J connectivity index is 1.70. The summed E-state index contributed by atoms with van der Waals surface area (Å²) in [5, 5.41) is 18.7. The minimum atomic E-state index is -0.404. The minimum Gasteiger partial charge on any atom is -0.507 e. The second-order valence-electron chi connectivity index (χ2n) is 7.80. The number of nitrogens with zero attached hydrogens (tertiary/aromatic N) is 2. The summed E-state index contributed by atoms with van der Waals surface area (Å²) >= 11 is 6.11. The van der Waals surface area contributed by atoms with Crippen molar-refractivity contribution in [3.63, 3.8) is 0 Å². The van der Waals surface area contributed by atoms with Gasteiger partial charge < -0.3 is 14.4 Å². The highest BCUT2D eigenvalue weighted by atomic mass is 35.5. The molecule has 31 heavy (non-hydrogen) atoms. The number of aromatic hydroxyl groups is 1. The zero-order valence-corrected chi connectivity index (χ0v) is 17.8. The lowest BCUT2D eigenvalue weighted by molar-refractivity contribution is 0.0717. The topological polar surface area (TPSA) is 82.4 Å². The van der Waals surface area contributed by atoms with Crippen LogP contribution in [0.15, 0.2) is 59.2 Å². The molecular weight excluding hydrogens is 414 g/mol. The Kier molecular flexibility index (Phi) is 4.59. The van der Waals surface area contributed by atoms with Gasteiger partial charge in [-0.1, -0.05) is 29.8 Å². The highest BCUT2D eigenvalue weighted by Crippen LogP contribution is 2.46. The molecule has 0 bridgehead atoms. The fourth-order valence-electron chi connectivity index (χ4n) is 4.37. The molecule has 1 aliphatic heterocycles. The number of aryl methyl sites for hydroxylation is 2. The summed E-state index contributed by atoms with van der Waals surface area (Å²) in [6.07, 6.45) is 1.59. The zero-order chi connectivity index (χ0) is 21.7. The van der Waals surface area contributed by atoms with Crippen molar-refractivity contribution in [2.45, 2.75) is 26.4 Å². The van der Waals surface area contributed by atoms with E-state index in [-0.39, 0.29) is 11.7 Å². The SMILES string of the molecule is Cc1cc(C)c(-c2n[nH]c3c2C(c2ccc(Cl)cc2)N(Cc2ccco2)C3=O)c(O)c1. The summed E-state index contributed by atoms with van der Waals surface area (Å²) in [5.41, 5.74) is 5.08. The van der Waals surface area contributed by atoms with Crippen molar-refractivity contribution in [2.24, 2.45) is 0 Å². The van der Waals surface area contributed by atoms with Crippen LogP contribution in [0.2, 0.25) is 5.02 Å². The first-order valence-electron chi connectivity index (χ1n) is 9.91. The Labute approximate surface area is 184 Å². The van der Waals surface area contributed by atoms with Crippen LogP contribution in [0.4, 0.5) is 0 Å². The number of phenols is 1. The number of furan rings is 1. The maximum absolute atomic E-state index is 13.4. The van der Waals surface area contributed by atoms with E-state index in [1.807, 2.05) is 38.1 Å². The molecule has 4 aromatic rings. The Hall–Kier alpha value is -3.51. The van der Waals surface area contributed by atoms with E-state index in [4.69, 9.17) is 16.0 Å². The van der Waals surface area contributed by atoms with Crippen molar-refractivity contribution in [3.8, 4) is 17.0 Å². The fraction of sp³-hybridized carbons (Fsp3) is 0.167. The van der Waals surface area contributed by atoms with E-state index in [9.17, 15) is 9.90 Å². The molecule has 3 heterocycles. The molecular formula is C24H20ClN3O3. The lowest BCUT2D eigenvalue weighted by Crippen LogP contribution is -2.29. The smallest absolute Gasteiger partial charge is 0.273 e. The number of phenolic OH excluding ortho intramolecular Hbond substituents is 1. The second-order valence-corrected chi connectivity index (χ2v) is 8.24. The van der Waals surface area contributed by atoms with Gasteiger partial charge in [0.1, 0.15) is 22.9 Å². The third kappa shape index (κ3) is 3.20. The number of rotatable bonds is 4. The summed E-state index contributed by atoms with van der Waals surface area (Å²) in [6.45, 7) is 4.16. The average Bonchev–Trinajstić information content (AvgIpc) is 3.43. The molecule has 0 fully saturated rings. The van der Waals surface area contributed by atoms with Crippen LogP contribution in [0, 0.1) is 13.8 Å². The maximum Gasteiger partial charge on any atom is 0.273 e. The largest absolute Gasteiger partial charge is 0.507 e. The number of carbonyl (C=O) groups excluding carboxylic acids is 1. The van der Waals surface area contributed by atoms with Crippen molar-refractivity contribution in [1.82, 2.24) is 15.1 Å². The molecule has 6 nitrogen and oxygen atoms in total. The van der Waals surface area contributed by atoms with Crippen LogP contribution in [0.5, 0.6) is 5.75 Å². The highest BCUT2D eigenvalue weighted by Gasteiger charge is 2.43. The molecule has 5 rings (SSSR count). The van der Waals surface area contributed by atoms with Crippen molar-refractivity contribution in [1.29, 1.82) is 0 Å². The van der Waals surface area contributed by atoms with Crippen LogP contribution in [0.1, 0.15) is 44.5 Å². The number of benzene rings is 2. The van der Waals surface area contributed by atoms with E-state index in [1.165, 1.54) is 0 Å². The van der Waals surface area contributed by atoms with Gasteiger partial charge in [0.25, 0.3) is 5.91 Å². The van der Waals surface area contributed by atoms with Gasteiger partial charge in [-0.25, -0.2) is 0 Å². The Morgan fingerprint density at radius 2 is 1.97 bits per heavy atom. The highest BCUT2D eigenvalue weighted by molar-refractivity contribution is 6.30. The van der Waals surface area contributed by atoms with Gasteiger partial charge in [-0.2, -0.15) is 5.10 Å². The standard InChI is InChI=1S/C24H20ClN3O3/c1-13-10-14(2)19(18(29)11-13)21-20-22(27-26-21)24(30)28(12-17-4-3-9-31-17)23(20)15-5-7-16(25)8-6-15/h3-11,23,29H,12H2,1-2H3,(H,26,27). The van der Waals surface area contributed by atoms with Gasteiger partial charge in [-0.15, -0.1) is 0 Å². The van der Waals surface area contributed by atoms with Crippen LogP contribution in [-0.2, 0) is 6.54 Å². The van der Waals surface area contributed by atoms with Gasteiger partial charge in [-0.05, 0) is 60.9 Å². The number of aromatic nitrogens is 2. The normalized spacial score (nSPS) is 15.5. The predicted octanol–water partition coefficient (Wildman–Crippen LogP) is 5.39. The van der Waals surface area contributed by atoms with Gasteiger partial charge in [0, 0.05) is 16.1 Å². The number of hydrogen-bond acceptors (Lipinski definition) is 4. The zero-order valence-electron chi connectivity index (χ0n) is 17.0. The molecule has 7 heteroatoms. The van der Waals surface area contributed by atoms with Gasteiger partial charge in [0.05, 0.1) is 18.8 Å². The lowest BCUT2D eigenvalue weighted by Gasteiger charge is -2.26. The molecule has 1 amide bonds.